The molecule has 1 saturated carbocycles. The van der Waals surface area contributed by atoms with Gasteiger partial charge in [-0.2, -0.15) is 0 Å². The summed E-state index contributed by atoms with van der Waals surface area (Å²) in [5.74, 6) is 0.819. The second kappa shape index (κ2) is 3.63. The highest BCUT2D eigenvalue weighted by Gasteiger charge is 2.57. The quantitative estimate of drug-likeness (QED) is 0.809. The Morgan fingerprint density at radius 2 is 2.07 bits per heavy atom. The maximum atomic E-state index is 6.02. The molecule has 82 valence electrons. The van der Waals surface area contributed by atoms with Crippen molar-refractivity contribution >= 4 is 23.2 Å². The van der Waals surface area contributed by atoms with Crippen LogP contribution in [0.4, 0.5) is 0 Å². The molecule has 2 aliphatic rings. The summed E-state index contributed by atoms with van der Waals surface area (Å²) in [5.41, 5.74) is 1.73. The van der Waals surface area contributed by atoms with Gasteiger partial charge in [-0.05, 0) is 36.6 Å². The fourth-order valence-electron chi connectivity index (χ4n) is 2.60. The predicted octanol–water partition coefficient (Wildman–Crippen LogP) is 2.03. The number of halogens is 2. The first-order valence-electron chi connectivity index (χ1n) is 4.89. The minimum atomic E-state index is 0. The van der Waals surface area contributed by atoms with Crippen LogP contribution in [0, 0.1) is 5.92 Å². The molecule has 0 aromatic heterocycles. The highest BCUT2D eigenvalue weighted by atomic mass is 35.5. The minimum absolute atomic E-state index is 0. The first-order chi connectivity index (χ1) is 6.72. The molecule has 0 radical (unpaired) electrons. The Balaban J connectivity index is 0.000000853. The van der Waals surface area contributed by atoms with Crippen molar-refractivity contribution in [3.8, 4) is 0 Å². The number of benzene rings is 1. The Kier molecular flexibility index (Phi) is 2.72. The fraction of sp³-hybridized carbons (Fsp3) is 0.455. The Morgan fingerprint density at radius 3 is 2.60 bits per heavy atom. The molecule has 15 heavy (non-hydrogen) atoms. The van der Waals surface area contributed by atoms with Gasteiger partial charge in [0, 0.05) is 12.0 Å². The number of fused-ring (bicyclic) bond motifs is 1. The van der Waals surface area contributed by atoms with Crippen molar-refractivity contribution in [1.29, 1.82) is 0 Å². The molecule has 4 heteroatoms. The third-order valence-corrected chi connectivity index (χ3v) is 4.30. The van der Waals surface area contributed by atoms with E-state index in [-0.39, 0.29) is 5.48 Å². The Hall–Kier alpha value is -0.280. The first kappa shape index (κ1) is 11.2. The van der Waals surface area contributed by atoms with Gasteiger partial charge in [-0.1, -0.05) is 29.3 Å². The molecule has 2 nitrogen and oxygen atoms in total. The van der Waals surface area contributed by atoms with E-state index in [1.54, 1.807) is 0 Å². The van der Waals surface area contributed by atoms with Crippen LogP contribution in [0.3, 0.4) is 0 Å². The number of hydrogen-bond donors (Lipinski definition) is 1. The lowest BCUT2D eigenvalue weighted by molar-refractivity contribution is 0.676. The molecule has 0 amide bonds. The molecule has 3 rings (SSSR count). The SMILES string of the molecule is Clc1ccc(C23CNCC2C3)cc1Cl.O. The zero-order valence-electron chi connectivity index (χ0n) is 8.19. The molecule has 3 N–H and O–H groups in total. The number of piperidine rings is 1. The van der Waals surface area contributed by atoms with Crippen LogP contribution in [0.2, 0.25) is 10.0 Å². The summed E-state index contributed by atoms with van der Waals surface area (Å²) in [6.07, 6.45) is 1.30. The van der Waals surface area contributed by atoms with Gasteiger partial charge in [0.05, 0.1) is 10.0 Å². The topological polar surface area (TPSA) is 43.5 Å². The van der Waals surface area contributed by atoms with Crippen molar-refractivity contribution in [2.45, 2.75) is 11.8 Å². The van der Waals surface area contributed by atoms with Gasteiger partial charge in [-0.15, -0.1) is 0 Å². The van der Waals surface area contributed by atoms with E-state index in [0.717, 1.165) is 19.0 Å². The Morgan fingerprint density at radius 1 is 1.27 bits per heavy atom. The van der Waals surface area contributed by atoms with Gasteiger partial charge < -0.3 is 10.8 Å². The van der Waals surface area contributed by atoms with Gasteiger partial charge in [0.1, 0.15) is 0 Å². The van der Waals surface area contributed by atoms with Gasteiger partial charge in [0.2, 0.25) is 0 Å². The van der Waals surface area contributed by atoms with Gasteiger partial charge in [0.25, 0.3) is 0 Å². The molecule has 1 aromatic rings. The molecule has 2 atom stereocenters. The zero-order chi connectivity index (χ0) is 9.76. The molecule has 0 spiro atoms. The summed E-state index contributed by atoms with van der Waals surface area (Å²) < 4.78 is 0. The molecule has 1 aliphatic carbocycles. The molecule has 2 unspecified atom stereocenters. The van der Waals surface area contributed by atoms with Crippen molar-refractivity contribution in [2.75, 3.05) is 13.1 Å². The van der Waals surface area contributed by atoms with Gasteiger partial charge in [0.15, 0.2) is 0 Å². The molecule has 1 saturated heterocycles. The normalized spacial score (nSPS) is 32.0. The smallest absolute Gasteiger partial charge is 0.0595 e. The molecule has 1 aliphatic heterocycles. The van der Waals surface area contributed by atoms with E-state index in [4.69, 9.17) is 23.2 Å². The van der Waals surface area contributed by atoms with E-state index in [2.05, 4.69) is 11.4 Å². The number of hydrogen-bond acceptors (Lipinski definition) is 1. The fourth-order valence-corrected chi connectivity index (χ4v) is 2.89. The maximum Gasteiger partial charge on any atom is 0.0595 e. The third-order valence-electron chi connectivity index (χ3n) is 3.56. The standard InChI is InChI=1S/C11H11Cl2N.H2O/c12-9-2-1-7(3-10(9)13)11-4-8(11)5-14-6-11;/h1-3,8,14H,4-6H2;1H2. The van der Waals surface area contributed by atoms with Crippen LogP contribution >= 0.6 is 23.2 Å². The molecule has 0 bridgehead atoms. The molecule has 1 aromatic carbocycles. The average molecular weight is 246 g/mol. The van der Waals surface area contributed by atoms with Crippen LogP contribution in [0.1, 0.15) is 12.0 Å². The van der Waals surface area contributed by atoms with Crippen molar-refractivity contribution < 1.29 is 5.48 Å². The molecule has 1 heterocycles. The molecular weight excluding hydrogens is 233 g/mol. The summed E-state index contributed by atoms with van der Waals surface area (Å²) in [5, 5.41) is 4.74. The minimum Gasteiger partial charge on any atom is -0.412 e. The summed E-state index contributed by atoms with van der Waals surface area (Å²) >= 11 is 11.9. The molecular formula is C11H13Cl2NO. The Labute approximate surface area is 98.9 Å². The second-order valence-electron chi connectivity index (χ2n) is 4.32. The number of nitrogens with one attached hydrogen (secondary N) is 1. The maximum absolute atomic E-state index is 6.02. The van der Waals surface area contributed by atoms with Crippen LogP contribution in [0.15, 0.2) is 18.2 Å². The van der Waals surface area contributed by atoms with Crippen LogP contribution in [-0.4, -0.2) is 18.6 Å². The van der Waals surface area contributed by atoms with Crippen LogP contribution in [-0.2, 0) is 5.41 Å². The average Bonchev–Trinajstić information content (AvgIpc) is 2.75. The zero-order valence-corrected chi connectivity index (χ0v) is 9.70. The van der Waals surface area contributed by atoms with Crippen LogP contribution < -0.4 is 5.32 Å². The monoisotopic (exact) mass is 245 g/mol. The lowest BCUT2D eigenvalue weighted by Gasteiger charge is -2.12. The van der Waals surface area contributed by atoms with Crippen molar-refractivity contribution in [3.05, 3.63) is 33.8 Å². The van der Waals surface area contributed by atoms with Crippen LogP contribution in [0.5, 0.6) is 0 Å². The lowest BCUT2D eigenvalue weighted by atomic mass is 9.95. The van der Waals surface area contributed by atoms with Crippen LogP contribution in [0.25, 0.3) is 0 Å². The first-order valence-corrected chi connectivity index (χ1v) is 5.64. The number of rotatable bonds is 1. The highest BCUT2D eigenvalue weighted by Crippen LogP contribution is 2.56. The van der Waals surface area contributed by atoms with E-state index in [1.165, 1.54) is 12.0 Å². The largest absolute Gasteiger partial charge is 0.412 e. The summed E-state index contributed by atoms with van der Waals surface area (Å²) in [6.45, 7) is 2.25. The van der Waals surface area contributed by atoms with Gasteiger partial charge in [-0.3, -0.25) is 0 Å². The predicted molar refractivity (Wildman–Crippen MR) is 62.7 cm³/mol. The third kappa shape index (κ3) is 1.56. The van der Waals surface area contributed by atoms with Crippen molar-refractivity contribution in [2.24, 2.45) is 5.92 Å². The second-order valence-corrected chi connectivity index (χ2v) is 5.13. The van der Waals surface area contributed by atoms with E-state index in [0.29, 0.717) is 15.5 Å². The molecule has 2 fully saturated rings. The van der Waals surface area contributed by atoms with E-state index in [1.807, 2.05) is 12.1 Å². The van der Waals surface area contributed by atoms with E-state index in [9.17, 15) is 0 Å². The summed E-state index contributed by atoms with van der Waals surface area (Å²) in [4.78, 5) is 0. The summed E-state index contributed by atoms with van der Waals surface area (Å²) in [7, 11) is 0. The highest BCUT2D eigenvalue weighted by molar-refractivity contribution is 6.42. The van der Waals surface area contributed by atoms with Crippen molar-refractivity contribution in [3.63, 3.8) is 0 Å². The van der Waals surface area contributed by atoms with Gasteiger partial charge in [-0.25, -0.2) is 0 Å². The van der Waals surface area contributed by atoms with Gasteiger partial charge >= 0.3 is 0 Å². The summed E-state index contributed by atoms with van der Waals surface area (Å²) in [6, 6.07) is 6.04. The Bertz CT molecular complexity index is 396. The van der Waals surface area contributed by atoms with E-state index >= 15 is 0 Å². The van der Waals surface area contributed by atoms with E-state index < -0.39 is 0 Å². The lowest BCUT2D eigenvalue weighted by Crippen LogP contribution is -2.19. The van der Waals surface area contributed by atoms with Crippen molar-refractivity contribution in [1.82, 2.24) is 5.32 Å².